The van der Waals surface area contributed by atoms with Gasteiger partial charge in [-0.1, -0.05) is 116 Å². The van der Waals surface area contributed by atoms with Crippen LogP contribution in [0, 0.1) is 0 Å². The predicted octanol–water partition coefficient (Wildman–Crippen LogP) is 8.71. The summed E-state index contributed by atoms with van der Waals surface area (Å²) >= 11 is 36.5. The molecule has 724 valence electrons. The summed E-state index contributed by atoms with van der Waals surface area (Å²) in [6.07, 6.45) is -31.1. The second-order valence-electron chi connectivity index (χ2n) is 32.3. The van der Waals surface area contributed by atoms with Crippen molar-refractivity contribution in [2.24, 2.45) is 34.9 Å². The predicted molar refractivity (Wildman–Crippen MR) is 477 cm³/mol. The van der Waals surface area contributed by atoms with Gasteiger partial charge in [0.2, 0.25) is 53.7 Å². The number of aliphatic hydroxyl groups excluding tert-OH is 18. The van der Waals surface area contributed by atoms with Gasteiger partial charge in [-0.25, -0.2) is 44.5 Å². The number of carboxylic acids is 2. The van der Waals surface area contributed by atoms with Gasteiger partial charge in [0.1, 0.15) is 120 Å². The fourth-order valence-corrected chi connectivity index (χ4v) is 17.5. The van der Waals surface area contributed by atoms with Crippen LogP contribution >= 0.6 is 58.0 Å². The van der Waals surface area contributed by atoms with E-state index in [1.807, 2.05) is 6.92 Å². The SMILES string of the molecule is CCCCCCCCCC(O)=N[C@H]1[C@H](O[C@H]2c3cc(Cl)c(c(Cl)c3)Oc3cc4cc(c3O[C@@H]3O[C@@H](CO)[C@H](O)[C@@H](O)[C@H]3O)Oc3ccc(cc3Cl)[C@@H](O)[C@H]3N=C(O)[C@H](NC)c5ccc(O)c(c5)Oc5cc(O)c(Cl)c(c5)[C@@H](N=C3O)C(O)=N[C@H]4C(O)=N[C@@H]3C(O)=N[C@@H]2C(O)=N[C@@H](C(=O)O)c2cc(O)cc(O)c2-c2cc3cc(Cl)c2O[C@@H]2O[C@@H](CO)[C@H](O)[C@@H](O)[C@H]2O)O[C@H](C(=O)O)[C@@H](O)[C@@H]1O. The first kappa shape index (κ1) is 99.7. The maximum atomic E-state index is 14.4. The second-order valence-corrected chi connectivity index (χ2v) is 34.3. The molecule has 0 spiro atoms. The maximum Gasteiger partial charge on any atom is 0.335 e. The summed E-state index contributed by atoms with van der Waals surface area (Å²) in [6.45, 7) is -0.124. The van der Waals surface area contributed by atoms with Gasteiger partial charge >= 0.3 is 11.9 Å². The molecule has 0 aliphatic carbocycles. The van der Waals surface area contributed by atoms with Gasteiger partial charge in [0, 0.05) is 40.8 Å². The van der Waals surface area contributed by atoms with E-state index in [0.717, 1.165) is 98.5 Å². The van der Waals surface area contributed by atoms with Gasteiger partial charge < -0.3 is 171 Å². The van der Waals surface area contributed by atoms with Crippen molar-refractivity contribution in [3.63, 3.8) is 0 Å². The number of rotatable bonds is 20. The summed E-state index contributed by atoms with van der Waals surface area (Å²) in [5.41, 5.74) is -5.36. The van der Waals surface area contributed by atoms with Crippen molar-refractivity contribution < 1.29 is 175 Å². The Bertz CT molecular complexity index is 5850. The van der Waals surface area contributed by atoms with E-state index in [2.05, 4.69) is 40.3 Å². The van der Waals surface area contributed by atoms with Crippen LogP contribution in [0.3, 0.4) is 0 Å². The molecule has 17 bridgehead atoms. The van der Waals surface area contributed by atoms with E-state index in [1.165, 1.54) is 19.2 Å². The minimum absolute atomic E-state index is 0.0959. The number of likely N-dealkylation sites (N-methyl/N-ethyl adjacent to an activating group) is 1. The Labute approximate surface area is 788 Å². The number of aliphatic imine (C=N–C) groups is 7. The third-order valence-electron chi connectivity index (χ3n) is 23.2. The molecule has 7 aromatic rings. The molecule has 7 aromatic carbocycles. The smallest absolute Gasteiger partial charge is 0.335 e. The number of phenolic OH excluding ortho intramolecular Hbond substituents is 4. The number of ether oxygens (including phenoxy) is 9. The van der Waals surface area contributed by atoms with Crippen LogP contribution in [0.2, 0.25) is 25.1 Å². The van der Waals surface area contributed by atoms with Gasteiger partial charge in [0.05, 0.1) is 38.3 Å². The van der Waals surface area contributed by atoms with Crippen LogP contribution in [0.1, 0.15) is 140 Å². The van der Waals surface area contributed by atoms with Gasteiger partial charge in [-0.2, -0.15) is 0 Å². The first-order valence-electron chi connectivity index (χ1n) is 41.7. The number of phenols is 4. The average Bonchev–Trinajstić information content (AvgIpc) is 0.749. The first-order valence-corrected chi connectivity index (χ1v) is 43.6. The highest BCUT2D eigenvalue weighted by atomic mass is 35.5. The van der Waals surface area contributed by atoms with Gasteiger partial charge in [-0.3, -0.25) is 0 Å². The highest BCUT2D eigenvalue weighted by molar-refractivity contribution is 6.37. The molecule has 0 saturated carbocycles. The summed E-state index contributed by atoms with van der Waals surface area (Å²) in [4.78, 5) is 58.5. The van der Waals surface area contributed by atoms with Crippen molar-refractivity contribution in [2.45, 2.75) is 205 Å². The molecule has 0 unspecified atom stereocenters. The summed E-state index contributed by atoms with van der Waals surface area (Å²) in [7, 11) is 1.36. The number of aromatic hydroxyl groups is 4. The maximum absolute atomic E-state index is 14.4. The van der Waals surface area contributed by atoms with Gasteiger partial charge in [0.15, 0.2) is 83.3 Å². The number of carbonyl (C=O) groups is 2. The van der Waals surface area contributed by atoms with Crippen LogP contribution in [-0.2, 0) is 28.5 Å². The van der Waals surface area contributed by atoms with E-state index in [-0.39, 0.29) is 24.0 Å². The number of hydrogen-bond acceptors (Lipinski definition) is 34. The Morgan fingerprint density at radius 3 is 1.62 bits per heavy atom. The summed E-state index contributed by atoms with van der Waals surface area (Å²) in [5.74, 6) is -22.6. The topological polar surface area (TPSA) is 701 Å². The third-order valence-corrected chi connectivity index (χ3v) is 24.7. The second kappa shape index (κ2) is 41.8. The monoisotopic (exact) mass is 1980 g/mol. The lowest BCUT2D eigenvalue weighted by Crippen LogP contribution is -2.60. The van der Waals surface area contributed by atoms with Crippen molar-refractivity contribution in [1.29, 1.82) is 0 Å². The quantitative estimate of drug-likeness (QED) is 0.0193. The van der Waals surface area contributed by atoms with Crippen LogP contribution in [0.25, 0.3) is 11.1 Å². The van der Waals surface area contributed by atoms with Crippen molar-refractivity contribution in [3.05, 3.63) is 161 Å². The molecule has 24 atom stereocenters. The Hall–Kier alpha value is -11.2. The minimum atomic E-state index is -2.79. The molecule has 0 amide bonds. The Kier molecular flexibility index (Phi) is 30.9. The van der Waals surface area contributed by atoms with E-state index in [4.69, 9.17) is 101 Å². The Morgan fingerprint density at radius 1 is 0.452 bits per heavy atom. The third kappa shape index (κ3) is 20.8. The van der Waals surface area contributed by atoms with Crippen LogP contribution in [0.15, 0.2) is 132 Å². The number of fused-ring (bicyclic) bond motifs is 12. The van der Waals surface area contributed by atoms with Crippen molar-refractivity contribution >= 4 is 111 Å². The van der Waals surface area contributed by atoms with Gasteiger partial charge in [-0.05, 0) is 114 Å². The first-order chi connectivity index (χ1) is 64.2. The van der Waals surface area contributed by atoms with Crippen molar-refractivity contribution in [3.8, 4) is 80.1 Å². The molecule has 135 heavy (non-hydrogen) atoms. The average molecular weight is 1990 g/mol. The molecule has 3 fully saturated rings. The molecule has 25 N–H and O–H groups in total. The molecule has 16 rings (SSSR count). The number of benzene rings is 7. The zero-order chi connectivity index (χ0) is 97.5. The standard InChI is InChI=1S/C87H91Cl5N8O35/c1-3-4-5-6-7-8-9-10-52(107)94-61-66(111)69(114)76(84(125)126)135-85(61)132-72-33-18-41(90)74(42(91)19-33)129-49-22-32-21-48(75(49)134-87-71(116)68(113)65(110)51(28-102)131-87)128-46-14-12-30(16-39(46)88)63(108)60-81(121)97-58(38-25-35(26-45(106)54(38)92)127-47-20-29(11-13-43(47)104)55(93-2)77(117)99-60)80(120)96-57(32)78(118)95-56-31-15-37(73(40(89)17-31)133-86-70(115)67(112)64(109)50(27-101)130-86)53-36(23-34(103)24-44(53)105)59(83(123)124)98-82(122)62(72)100-79(56)119/h11-26,50-51,55-72,76,85-87,93,101-106,108-116H,3-10,27-28H2,1-2H3,(H,94,107)(H,95,118)(H,96,120)(H,97,121)(H,98,122)(H,99,117)(H,100,119)(H,123,124)(H,125,126)/t50-,51-,55+,56-,57+,58+,59+,60+,61+,62-,63+,64-,65-,66+,67+,68+,69-,70+,71+,72-,76-,85+,86-,87-/m0/s1. The molecule has 9 heterocycles. The fraction of sp³-hybridized carbons (Fsp3) is 0.414. The molecule has 9 aliphatic rings. The lowest BCUT2D eigenvalue weighted by molar-refractivity contribution is -0.277. The Morgan fingerprint density at radius 2 is 1.01 bits per heavy atom. The number of unbranched alkanes of at least 4 members (excludes halogenated alkanes) is 6. The molecule has 0 aromatic heterocycles. The van der Waals surface area contributed by atoms with E-state index < -0.39 is 346 Å². The molecule has 3 saturated heterocycles. The number of nitrogens with zero attached hydrogens (tertiary/aromatic N) is 7. The van der Waals surface area contributed by atoms with E-state index >= 15 is 0 Å². The highest BCUT2D eigenvalue weighted by Crippen LogP contribution is 2.54. The number of hydrogen-bond donors (Lipinski definition) is 25. The summed E-state index contributed by atoms with van der Waals surface area (Å²) in [5, 5.41) is 285. The molecule has 43 nitrogen and oxygen atoms in total. The summed E-state index contributed by atoms with van der Waals surface area (Å²) in [6, 6.07) is -3.97. The largest absolute Gasteiger partial charge is 0.508 e. The lowest BCUT2D eigenvalue weighted by atomic mass is 9.90. The molecule has 48 heteroatoms. The molecular weight excluding hydrogens is 1890 g/mol. The van der Waals surface area contributed by atoms with Gasteiger partial charge in [0.25, 0.3) is 0 Å². The zero-order valence-corrected chi connectivity index (χ0v) is 74.2. The fourth-order valence-electron chi connectivity index (χ4n) is 16.2. The number of aliphatic hydroxyl groups is 18. The van der Waals surface area contributed by atoms with E-state index in [9.17, 15) is 132 Å². The number of nitrogens with one attached hydrogen (secondary N) is 1. The van der Waals surface area contributed by atoms with E-state index in [1.54, 1.807) is 0 Å². The molecule has 0 radical (unpaired) electrons. The van der Waals surface area contributed by atoms with Crippen molar-refractivity contribution in [1.82, 2.24) is 5.32 Å². The van der Waals surface area contributed by atoms with Crippen LogP contribution in [0.4, 0.5) is 0 Å². The van der Waals surface area contributed by atoms with Crippen LogP contribution in [-0.4, -0.2) is 300 Å². The zero-order valence-electron chi connectivity index (χ0n) is 70.4. The van der Waals surface area contributed by atoms with Crippen molar-refractivity contribution in [2.75, 3.05) is 20.3 Å². The number of halogens is 5. The lowest BCUT2D eigenvalue weighted by Gasteiger charge is -2.41. The number of aliphatic carboxylic acids is 2. The molecular formula is C87H91Cl5N8O35. The highest BCUT2D eigenvalue weighted by Gasteiger charge is 2.53. The van der Waals surface area contributed by atoms with Crippen LogP contribution < -0.4 is 29.0 Å². The van der Waals surface area contributed by atoms with E-state index in [0.29, 0.717) is 25.0 Å². The molecule has 9 aliphatic heterocycles. The van der Waals surface area contributed by atoms with Gasteiger partial charge in [-0.15, -0.1) is 0 Å². The number of carboxylic acid groups (broad SMARTS) is 2. The van der Waals surface area contributed by atoms with Crippen LogP contribution in [0.5, 0.6) is 69.0 Å². The minimum Gasteiger partial charge on any atom is -0.508 e. The Balaban J connectivity index is 1.12. The normalized spacial score (nSPS) is 29.3. The summed E-state index contributed by atoms with van der Waals surface area (Å²) < 4.78 is 56.5.